The number of ether oxygens (including phenoxy) is 20. The summed E-state index contributed by atoms with van der Waals surface area (Å²) in [6.07, 6.45) is -5.43. The Morgan fingerprint density at radius 1 is 0.347 bits per heavy atom. The summed E-state index contributed by atoms with van der Waals surface area (Å²) < 4.78 is 216. The SMILES string of the molecule is COc1cc([C@@H]2c3cc4c(cc3[C@@H](NC(=O)c3cn(Cc5ccc(F)c(F)c5)nn3)[C@H]3COC(=O)[C@H]23)OCO4)cc(OC)c1OC.COc1cc([C@@H]2c3cc4c(cc3[C@@H](NC(=O)c3cn(Cc5ccc(OC(F)(F)F)cc5)nn3)[C@H]3COC(=O)[C@H]23)OCO4)cc(OC)c1OC.COc1cc([C@@H]2c3cc4c(cc3[C@@H](NC(=O)c3cn(Cc5cccc(OC(F)(F)F)c5)nn3)[C@H]3COC(=O)[C@H]23)OCO4)cc(OC)c1OC. The fourth-order valence-corrected chi connectivity index (χ4v) is 20.0. The van der Waals surface area contributed by atoms with Gasteiger partial charge in [-0.1, -0.05) is 46.0 Å². The van der Waals surface area contributed by atoms with Crippen LogP contribution in [0, 0.1) is 47.1 Å². The molecule has 12 aromatic rings. The number of methoxy groups -OCH3 is 9. The summed E-state index contributed by atoms with van der Waals surface area (Å²) >= 11 is 0. The quantitative estimate of drug-likeness (QED) is 0.0257. The number of cyclic esters (lactones) is 3. The van der Waals surface area contributed by atoms with Crippen molar-refractivity contribution in [1.29, 1.82) is 0 Å². The number of amides is 3. The number of benzene rings is 9. The van der Waals surface area contributed by atoms with E-state index in [1.165, 1.54) is 145 Å². The Balaban J connectivity index is 0.000000137. The first-order chi connectivity index (χ1) is 69.4. The number of alkyl halides is 6. The molecule has 144 heavy (non-hydrogen) atoms. The lowest BCUT2D eigenvalue weighted by Crippen LogP contribution is -2.43. The van der Waals surface area contributed by atoms with E-state index < -0.39 is 131 Å². The second-order valence-electron chi connectivity index (χ2n) is 34.2. The third kappa shape index (κ3) is 18.9. The summed E-state index contributed by atoms with van der Waals surface area (Å²) in [5, 5.41) is 33.1. The van der Waals surface area contributed by atoms with Crippen LogP contribution in [0.15, 0.2) is 158 Å². The molecular weight excluding hydrogens is 1910 g/mol. The molecule has 3 aromatic heterocycles. The lowest BCUT2D eigenvalue weighted by molar-refractivity contribution is -0.275. The van der Waals surface area contributed by atoms with Crippen molar-refractivity contribution in [3.05, 3.63) is 254 Å². The average molecular weight is 2000 g/mol. The number of carbonyl (C=O) groups excluding carboxylic acids is 6. The minimum Gasteiger partial charge on any atom is -0.493 e. The van der Waals surface area contributed by atoms with E-state index in [0.717, 1.165) is 17.7 Å². The van der Waals surface area contributed by atoms with Crippen LogP contribution >= 0.6 is 0 Å². The topological polar surface area (TPSA) is 415 Å². The molecule has 750 valence electrons. The predicted molar refractivity (Wildman–Crippen MR) is 476 cm³/mol. The lowest BCUT2D eigenvalue weighted by Gasteiger charge is -2.39. The molecule has 12 atom stereocenters. The lowest BCUT2D eigenvalue weighted by atomic mass is 9.65. The van der Waals surface area contributed by atoms with Gasteiger partial charge in [0.15, 0.2) is 97.7 Å². The fourth-order valence-electron chi connectivity index (χ4n) is 20.0. The van der Waals surface area contributed by atoms with Gasteiger partial charge in [0.1, 0.15) is 11.5 Å². The molecule has 9 heterocycles. The van der Waals surface area contributed by atoms with Gasteiger partial charge < -0.3 is 111 Å². The molecule has 3 saturated heterocycles. The molecule has 3 N–H and O–H groups in total. The van der Waals surface area contributed by atoms with Crippen molar-refractivity contribution in [1.82, 2.24) is 60.9 Å². The Bertz CT molecular complexity index is 6930. The molecule has 9 aliphatic rings. The van der Waals surface area contributed by atoms with Gasteiger partial charge in [-0.05, 0) is 176 Å². The molecule has 3 aliphatic carbocycles. The number of hydrogen-bond donors (Lipinski definition) is 3. The second kappa shape index (κ2) is 39.4. The van der Waals surface area contributed by atoms with Crippen LogP contribution in [-0.2, 0) is 48.2 Å². The van der Waals surface area contributed by atoms with Crippen molar-refractivity contribution in [2.45, 2.75) is 68.2 Å². The van der Waals surface area contributed by atoms with Gasteiger partial charge in [0.05, 0.1) is 158 Å². The van der Waals surface area contributed by atoms with Gasteiger partial charge in [0.25, 0.3) is 17.7 Å². The third-order valence-electron chi connectivity index (χ3n) is 26.2. The standard InChI is InChI=1S/2C33H29F3N4O9.C32H28F2N4O8/c1-43-25-8-17(9-26(44-2)30(25)45-3)27-19-10-23-24(48-15-47-23)11-20(19)29(21-14-46-32(42)28(21)27)37-31(41)22-13-40(39-38-22)12-16-4-6-18(7-5-16)49-33(34,35)36;1-43-25-8-17(9-26(44-2)30(25)45-3)27-19-10-23-24(48-15-47-23)11-20(19)29(21-14-46-32(42)28(21)27)37-31(41)22-13-40(39-38-22)12-16-5-4-6-18(7-16)49-33(34,35)36;1-41-25-7-16(8-26(42-2)30(25)43-3)27-17-9-23-24(46-14-45-23)10-18(17)29(19-13-44-32(40)28(19)27)35-31(39)22-12-38(37-36-22)11-15-4-5-20(33)21(34)6-15/h2*4-11,13,21,27-29H,12,14-15H2,1-3H3,(H,37,41);4-10,12,19,27-29H,11,13-14H2,1-3H3,(H,35,39)/t2*21-,27+,28-,29+;19-,27+,28-,29+/m000/s1. The number of rotatable bonds is 26. The van der Waals surface area contributed by atoms with Crippen molar-refractivity contribution in [3.8, 4) is 97.7 Å². The number of carbonyl (C=O) groups is 6. The molecule has 0 unspecified atom stereocenters. The minimum absolute atomic E-state index is 0.00146. The number of halogens is 8. The van der Waals surface area contributed by atoms with E-state index in [4.69, 9.17) is 85.3 Å². The van der Waals surface area contributed by atoms with E-state index in [2.05, 4.69) is 56.4 Å². The molecule has 0 saturated carbocycles. The van der Waals surface area contributed by atoms with Crippen LogP contribution in [-0.4, -0.2) is 198 Å². The molecule has 0 bridgehead atoms. The Hall–Kier alpha value is -16.7. The highest BCUT2D eigenvalue weighted by Gasteiger charge is 2.57. The molecule has 3 amide bonds. The van der Waals surface area contributed by atoms with E-state index in [9.17, 15) is 63.9 Å². The van der Waals surface area contributed by atoms with Crippen LogP contribution in [0.25, 0.3) is 0 Å². The first-order valence-electron chi connectivity index (χ1n) is 44.4. The number of esters is 3. The highest BCUT2D eigenvalue weighted by molar-refractivity contribution is 5.94. The van der Waals surface area contributed by atoms with Gasteiger partial charge in [0.2, 0.25) is 37.6 Å². The third-order valence-corrected chi connectivity index (χ3v) is 26.2. The Labute approximate surface area is 810 Å². The van der Waals surface area contributed by atoms with Gasteiger partial charge in [-0.25, -0.2) is 22.8 Å². The van der Waals surface area contributed by atoms with Crippen LogP contribution in [0.1, 0.15) is 134 Å². The first-order valence-corrected chi connectivity index (χ1v) is 44.4. The molecule has 3 fully saturated rings. The zero-order valence-electron chi connectivity index (χ0n) is 77.5. The summed E-state index contributed by atoms with van der Waals surface area (Å²) in [4.78, 5) is 81.4. The molecule has 6 aliphatic heterocycles. The van der Waals surface area contributed by atoms with Gasteiger partial charge in [0, 0.05) is 35.5 Å². The van der Waals surface area contributed by atoms with E-state index in [-0.39, 0.29) is 88.4 Å². The normalized spacial score (nSPS) is 20.7. The fraction of sp³-hybridized carbons (Fsp3) is 0.327. The highest BCUT2D eigenvalue weighted by atomic mass is 19.4. The van der Waals surface area contributed by atoms with E-state index in [1.54, 1.807) is 60.7 Å². The first kappa shape index (κ1) is 96.1. The van der Waals surface area contributed by atoms with Gasteiger partial charge >= 0.3 is 30.6 Å². The molecule has 38 nitrogen and oxygen atoms in total. The van der Waals surface area contributed by atoms with Crippen molar-refractivity contribution in [2.75, 3.05) is 104 Å². The second-order valence-corrected chi connectivity index (χ2v) is 34.2. The summed E-state index contributed by atoms with van der Waals surface area (Å²) in [7, 11) is 13.6. The van der Waals surface area contributed by atoms with E-state index in [1.807, 2.05) is 18.2 Å². The number of hydrogen-bond acceptors (Lipinski definition) is 32. The maximum Gasteiger partial charge on any atom is 0.573 e. The Morgan fingerprint density at radius 2 is 0.646 bits per heavy atom. The Kier molecular flexibility index (Phi) is 26.3. The molecule has 0 spiro atoms. The molecular formula is C98H86F8N12O26. The van der Waals surface area contributed by atoms with Crippen molar-refractivity contribution >= 4 is 35.6 Å². The van der Waals surface area contributed by atoms with Crippen molar-refractivity contribution in [2.24, 2.45) is 35.5 Å². The largest absolute Gasteiger partial charge is 0.573 e. The van der Waals surface area contributed by atoms with Crippen LogP contribution in [0.3, 0.4) is 0 Å². The monoisotopic (exact) mass is 2000 g/mol. The molecule has 9 aromatic carbocycles. The maximum atomic E-state index is 13.7. The number of aromatic nitrogens is 9. The van der Waals surface area contributed by atoms with E-state index in [0.29, 0.717) is 147 Å². The van der Waals surface area contributed by atoms with Crippen molar-refractivity contribution in [3.63, 3.8) is 0 Å². The summed E-state index contributed by atoms with van der Waals surface area (Å²) in [6.45, 7) is 0.410. The summed E-state index contributed by atoms with van der Waals surface area (Å²) in [5.74, 6) is -4.23. The van der Waals surface area contributed by atoms with Gasteiger partial charge in [-0.3, -0.25) is 28.8 Å². The zero-order chi connectivity index (χ0) is 101. The van der Waals surface area contributed by atoms with Gasteiger partial charge in [-0.2, -0.15) is 0 Å². The number of nitrogens with zero attached hydrogens (tertiary/aromatic N) is 9. The summed E-state index contributed by atoms with van der Waals surface area (Å²) in [6, 6.07) is 33.7. The highest BCUT2D eigenvalue weighted by Crippen LogP contribution is 2.61. The number of nitrogens with one attached hydrogen (secondary N) is 3. The Morgan fingerprint density at radius 3 is 0.951 bits per heavy atom. The smallest absolute Gasteiger partial charge is 0.493 e. The van der Waals surface area contributed by atoms with Crippen LogP contribution in [0.4, 0.5) is 35.1 Å². The maximum absolute atomic E-state index is 13.7. The zero-order valence-corrected chi connectivity index (χ0v) is 77.5. The van der Waals surface area contributed by atoms with E-state index >= 15 is 0 Å². The average Bonchev–Trinajstić information content (AvgIpc) is 1.54. The van der Waals surface area contributed by atoms with Gasteiger partial charge in [-0.15, -0.1) is 41.6 Å². The van der Waals surface area contributed by atoms with Crippen LogP contribution in [0.5, 0.6) is 97.7 Å². The molecule has 0 radical (unpaired) electrons. The molecule has 21 rings (SSSR count). The van der Waals surface area contributed by atoms with Crippen LogP contribution in [0.2, 0.25) is 0 Å². The summed E-state index contributed by atoms with van der Waals surface area (Å²) in [5.41, 5.74) is 7.79. The molecule has 46 heteroatoms. The van der Waals surface area contributed by atoms with Crippen LogP contribution < -0.4 is 96.5 Å². The predicted octanol–water partition coefficient (Wildman–Crippen LogP) is 12.5. The van der Waals surface area contributed by atoms with Crippen molar-refractivity contribution < 1.29 is 159 Å². The minimum atomic E-state index is -4.84. The number of fused-ring (bicyclic) bond motifs is 9.